The molecule has 0 N–H and O–H groups in total. The quantitative estimate of drug-likeness (QED) is 0.747. The molecule has 0 aromatic carbocycles. The number of hydrogen-bond acceptors (Lipinski definition) is 3. The molecule has 0 radical (unpaired) electrons. The zero-order valence-corrected chi connectivity index (χ0v) is 7.96. The van der Waals surface area contributed by atoms with Crippen LogP contribution in [0.15, 0.2) is 6.07 Å². The number of pyridine rings is 1. The Hall–Kier alpha value is -2.01. The van der Waals surface area contributed by atoms with Crippen LogP contribution in [0.3, 0.4) is 0 Å². The van der Waals surface area contributed by atoms with E-state index < -0.39 is 6.43 Å². The highest BCUT2D eigenvalue weighted by atomic mass is 19.3. The molecule has 0 saturated carbocycles. The highest BCUT2D eigenvalue weighted by Gasteiger charge is 2.17. The average molecular weight is 207 g/mol. The Kier molecular flexibility index (Phi) is 3.30. The van der Waals surface area contributed by atoms with Gasteiger partial charge in [0.1, 0.15) is 11.8 Å². The van der Waals surface area contributed by atoms with Crippen LogP contribution in [0.5, 0.6) is 0 Å². The van der Waals surface area contributed by atoms with Crippen LogP contribution in [-0.4, -0.2) is 4.98 Å². The van der Waals surface area contributed by atoms with E-state index in [4.69, 9.17) is 10.5 Å². The molecule has 0 fully saturated rings. The normalized spacial score (nSPS) is 9.73. The average Bonchev–Trinajstić information content (AvgIpc) is 2.19. The molecule has 5 heteroatoms. The Labute approximate surface area is 85.6 Å². The van der Waals surface area contributed by atoms with Gasteiger partial charge in [-0.2, -0.15) is 10.5 Å². The third-order valence-corrected chi connectivity index (χ3v) is 1.88. The Bertz CT molecular complexity index is 455. The molecule has 0 amide bonds. The van der Waals surface area contributed by atoms with Gasteiger partial charge in [0.15, 0.2) is 0 Å². The highest BCUT2D eigenvalue weighted by molar-refractivity contribution is 5.41. The summed E-state index contributed by atoms with van der Waals surface area (Å²) in [5.74, 6) is 0. The molecule has 15 heavy (non-hydrogen) atoms. The first-order valence-corrected chi connectivity index (χ1v) is 4.15. The molecule has 0 spiro atoms. The number of rotatable bonds is 2. The van der Waals surface area contributed by atoms with E-state index in [1.54, 1.807) is 12.1 Å². The van der Waals surface area contributed by atoms with Gasteiger partial charge in [-0.1, -0.05) is 0 Å². The summed E-state index contributed by atoms with van der Waals surface area (Å²) in [7, 11) is 0. The zero-order valence-electron chi connectivity index (χ0n) is 7.96. The summed E-state index contributed by atoms with van der Waals surface area (Å²) in [6, 6.07) is 4.68. The van der Waals surface area contributed by atoms with Gasteiger partial charge in [-0.15, -0.1) is 0 Å². The molecule has 0 aliphatic carbocycles. The van der Waals surface area contributed by atoms with Crippen LogP contribution < -0.4 is 0 Å². The van der Waals surface area contributed by atoms with Crippen LogP contribution >= 0.6 is 0 Å². The van der Waals surface area contributed by atoms with Crippen molar-refractivity contribution in [1.82, 2.24) is 4.98 Å². The largest absolute Gasteiger partial charge is 0.264 e. The molecular formula is C10H7F2N3. The lowest BCUT2D eigenvalue weighted by molar-refractivity contribution is 0.150. The summed E-state index contributed by atoms with van der Waals surface area (Å²) in [6.07, 6.45) is -2.92. The predicted octanol–water partition coefficient (Wildman–Crippen LogP) is 2.27. The lowest BCUT2D eigenvalue weighted by Crippen LogP contribution is -2.02. The van der Waals surface area contributed by atoms with E-state index in [1.807, 2.05) is 0 Å². The number of nitriles is 2. The molecule has 76 valence electrons. The second-order valence-corrected chi connectivity index (χ2v) is 2.93. The van der Waals surface area contributed by atoms with Crippen LogP contribution in [0, 0.1) is 29.6 Å². The summed E-state index contributed by atoms with van der Waals surface area (Å²) in [6.45, 7) is 1.53. The monoisotopic (exact) mass is 207 g/mol. The molecule has 0 aliphatic rings. The maximum atomic E-state index is 12.6. The van der Waals surface area contributed by atoms with Gasteiger partial charge in [-0.05, 0) is 13.0 Å². The first-order chi connectivity index (χ1) is 7.10. The van der Waals surface area contributed by atoms with Crippen molar-refractivity contribution in [1.29, 1.82) is 10.5 Å². The van der Waals surface area contributed by atoms with Gasteiger partial charge in [0.05, 0.1) is 12.5 Å². The van der Waals surface area contributed by atoms with E-state index in [2.05, 4.69) is 4.98 Å². The van der Waals surface area contributed by atoms with Crippen LogP contribution in [-0.2, 0) is 6.42 Å². The van der Waals surface area contributed by atoms with Gasteiger partial charge < -0.3 is 0 Å². The fourth-order valence-corrected chi connectivity index (χ4v) is 1.28. The van der Waals surface area contributed by atoms with Crippen molar-refractivity contribution in [2.45, 2.75) is 19.8 Å². The highest BCUT2D eigenvalue weighted by Crippen LogP contribution is 2.25. The van der Waals surface area contributed by atoms with Crippen LogP contribution in [0.4, 0.5) is 8.78 Å². The molecule has 0 saturated heterocycles. The second kappa shape index (κ2) is 4.47. The van der Waals surface area contributed by atoms with E-state index in [0.717, 1.165) is 0 Å². The third-order valence-electron chi connectivity index (χ3n) is 1.88. The maximum absolute atomic E-state index is 12.6. The van der Waals surface area contributed by atoms with Crippen LogP contribution in [0.25, 0.3) is 0 Å². The molecule has 3 nitrogen and oxygen atoms in total. The third kappa shape index (κ3) is 2.26. The van der Waals surface area contributed by atoms with E-state index >= 15 is 0 Å². The van der Waals surface area contributed by atoms with Crippen molar-refractivity contribution in [2.75, 3.05) is 0 Å². The van der Waals surface area contributed by atoms with Gasteiger partial charge in [-0.3, -0.25) is 0 Å². The summed E-state index contributed by atoms with van der Waals surface area (Å²) in [5.41, 5.74) is 0.0107. The molecule has 0 unspecified atom stereocenters. The summed E-state index contributed by atoms with van der Waals surface area (Å²) in [4.78, 5) is 3.81. The molecule has 1 aromatic rings. The number of aryl methyl sites for hydroxylation is 1. The molecule has 1 aromatic heterocycles. The minimum atomic E-state index is -2.69. The Balaban J connectivity index is 3.43. The molecule has 0 atom stereocenters. The molecule has 1 rings (SSSR count). The topological polar surface area (TPSA) is 60.5 Å². The van der Waals surface area contributed by atoms with E-state index in [0.29, 0.717) is 5.69 Å². The fourth-order valence-electron chi connectivity index (χ4n) is 1.28. The number of halogens is 2. The minimum absolute atomic E-state index is 0.0283. The van der Waals surface area contributed by atoms with Crippen LogP contribution in [0.1, 0.15) is 28.9 Å². The Morgan fingerprint density at radius 3 is 2.60 bits per heavy atom. The van der Waals surface area contributed by atoms with Gasteiger partial charge in [0, 0.05) is 16.8 Å². The molecule has 0 aliphatic heterocycles. The lowest BCUT2D eigenvalue weighted by atomic mass is 10.0. The Morgan fingerprint density at radius 1 is 1.47 bits per heavy atom. The molecule has 0 bridgehead atoms. The van der Waals surface area contributed by atoms with E-state index in [1.165, 1.54) is 13.0 Å². The number of alkyl halides is 2. The zero-order chi connectivity index (χ0) is 11.4. The summed E-state index contributed by atoms with van der Waals surface area (Å²) in [5, 5.41) is 17.2. The number of aromatic nitrogens is 1. The maximum Gasteiger partial charge on any atom is 0.264 e. The standard InChI is InChI=1S/C10H7F2N3/c1-6-4-8(10(11)12)7(2-3-13)9(5-14)15-6/h4,10H,2H2,1H3. The van der Waals surface area contributed by atoms with Crippen molar-refractivity contribution in [3.05, 3.63) is 28.6 Å². The number of nitrogens with zero attached hydrogens (tertiary/aromatic N) is 3. The second-order valence-electron chi connectivity index (χ2n) is 2.93. The van der Waals surface area contributed by atoms with E-state index in [9.17, 15) is 8.78 Å². The first-order valence-electron chi connectivity index (χ1n) is 4.15. The Morgan fingerprint density at radius 2 is 2.13 bits per heavy atom. The van der Waals surface area contributed by atoms with Crippen molar-refractivity contribution >= 4 is 0 Å². The summed E-state index contributed by atoms with van der Waals surface area (Å²) >= 11 is 0. The predicted molar refractivity (Wildman–Crippen MR) is 48.0 cm³/mol. The fraction of sp³-hybridized carbons (Fsp3) is 0.300. The SMILES string of the molecule is Cc1cc(C(F)F)c(CC#N)c(C#N)n1. The minimum Gasteiger partial charge on any atom is -0.242 e. The van der Waals surface area contributed by atoms with Crippen molar-refractivity contribution in [3.8, 4) is 12.1 Å². The van der Waals surface area contributed by atoms with Crippen molar-refractivity contribution in [2.24, 2.45) is 0 Å². The van der Waals surface area contributed by atoms with Crippen molar-refractivity contribution < 1.29 is 8.78 Å². The molecule has 1 heterocycles. The van der Waals surface area contributed by atoms with Crippen molar-refractivity contribution in [3.63, 3.8) is 0 Å². The summed E-state index contributed by atoms with van der Waals surface area (Å²) < 4.78 is 25.2. The van der Waals surface area contributed by atoms with E-state index in [-0.39, 0.29) is 23.2 Å². The molecular weight excluding hydrogens is 200 g/mol. The smallest absolute Gasteiger partial charge is 0.242 e. The first kappa shape index (κ1) is 11.1. The van der Waals surface area contributed by atoms with Gasteiger partial charge in [-0.25, -0.2) is 13.8 Å². The van der Waals surface area contributed by atoms with Gasteiger partial charge in [0.2, 0.25) is 0 Å². The lowest BCUT2D eigenvalue weighted by Gasteiger charge is -2.08. The van der Waals surface area contributed by atoms with Crippen LogP contribution in [0.2, 0.25) is 0 Å². The van der Waals surface area contributed by atoms with Gasteiger partial charge >= 0.3 is 0 Å². The number of hydrogen-bond donors (Lipinski definition) is 0. The van der Waals surface area contributed by atoms with Gasteiger partial charge in [0.25, 0.3) is 6.43 Å².